The second kappa shape index (κ2) is 6.30. The SMILES string of the molecule is COc1ccc(-c2cncc3cc(C=C4SC(=S)NC4=O)oc23)cn1. The summed E-state index contributed by atoms with van der Waals surface area (Å²) >= 11 is 6.21. The third kappa shape index (κ3) is 3.01. The minimum absolute atomic E-state index is 0.215. The Balaban J connectivity index is 1.77. The number of nitrogens with zero attached hydrogens (tertiary/aromatic N) is 2. The van der Waals surface area contributed by atoms with Crippen molar-refractivity contribution < 1.29 is 13.9 Å². The van der Waals surface area contributed by atoms with E-state index in [4.69, 9.17) is 21.4 Å². The molecule has 1 N–H and O–H groups in total. The van der Waals surface area contributed by atoms with Gasteiger partial charge in [0, 0.05) is 47.2 Å². The number of pyridine rings is 2. The predicted molar refractivity (Wildman–Crippen MR) is 100 cm³/mol. The third-order valence-electron chi connectivity index (χ3n) is 3.61. The molecule has 0 bridgehead atoms. The van der Waals surface area contributed by atoms with E-state index in [1.165, 1.54) is 11.8 Å². The van der Waals surface area contributed by atoms with E-state index in [1.807, 2.05) is 12.1 Å². The van der Waals surface area contributed by atoms with Crippen LogP contribution in [0.5, 0.6) is 5.88 Å². The van der Waals surface area contributed by atoms with Gasteiger partial charge in [0.2, 0.25) is 5.88 Å². The van der Waals surface area contributed by atoms with E-state index >= 15 is 0 Å². The lowest BCUT2D eigenvalue weighted by atomic mass is 10.1. The number of thiocarbonyl (C=S) groups is 1. The van der Waals surface area contributed by atoms with Crippen molar-refractivity contribution in [2.75, 3.05) is 7.11 Å². The maximum atomic E-state index is 11.8. The summed E-state index contributed by atoms with van der Waals surface area (Å²) in [6.45, 7) is 0. The molecule has 0 atom stereocenters. The van der Waals surface area contributed by atoms with Gasteiger partial charge in [0.15, 0.2) is 0 Å². The van der Waals surface area contributed by atoms with Crippen LogP contribution in [0.3, 0.4) is 0 Å². The molecule has 0 aliphatic carbocycles. The molecule has 1 saturated heterocycles. The highest BCUT2D eigenvalue weighted by Crippen LogP contribution is 2.32. The van der Waals surface area contributed by atoms with Gasteiger partial charge in [-0.15, -0.1) is 0 Å². The van der Waals surface area contributed by atoms with Gasteiger partial charge in [-0.1, -0.05) is 24.0 Å². The molecule has 124 valence electrons. The highest BCUT2D eigenvalue weighted by Gasteiger charge is 2.22. The maximum absolute atomic E-state index is 11.8. The summed E-state index contributed by atoms with van der Waals surface area (Å²) in [5.74, 6) is 0.884. The van der Waals surface area contributed by atoms with Crippen LogP contribution in [0.25, 0.3) is 28.2 Å². The summed E-state index contributed by atoms with van der Waals surface area (Å²) in [4.78, 5) is 20.8. The van der Waals surface area contributed by atoms with Crippen LogP contribution in [0.15, 0.2) is 46.1 Å². The molecule has 3 aromatic heterocycles. The van der Waals surface area contributed by atoms with E-state index in [9.17, 15) is 4.79 Å². The Bertz CT molecular complexity index is 1030. The summed E-state index contributed by atoms with van der Waals surface area (Å²) in [6.07, 6.45) is 6.82. The van der Waals surface area contributed by atoms with Crippen molar-refractivity contribution in [3.05, 3.63) is 47.5 Å². The smallest absolute Gasteiger partial charge is 0.263 e. The van der Waals surface area contributed by atoms with Crippen LogP contribution in [-0.2, 0) is 4.79 Å². The lowest BCUT2D eigenvalue weighted by molar-refractivity contribution is -0.115. The van der Waals surface area contributed by atoms with Crippen molar-refractivity contribution in [2.24, 2.45) is 0 Å². The van der Waals surface area contributed by atoms with Crippen molar-refractivity contribution >= 4 is 51.3 Å². The number of aromatic nitrogens is 2. The molecule has 1 amide bonds. The average molecular weight is 369 g/mol. The lowest BCUT2D eigenvalue weighted by Gasteiger charge is -2.03. The third-order valence-corrected chi connectivity index (χ3v) is 4.78. The summed E-state index contributed by atoms with van der Waals surface area (Å²) in [6, 6.07) is 5.51. The van der Waals surface area contributed by atoms with Crippen molar-refractivity contribution in [1.29, 1.82) is 0 Å². The summed E-state index contributed by atoms with van der Waals surface area (Å²) < 4.78 is 11.5. The van der Waals surface area contributed by atoms with Crippen molar-refractivity contribution in [2.45, 2.75) is 0 Å². The molecule has 4 rings (SSSR count). The molecule has 1 aliphatic heterocycles. The topological polar surface area (TPSA) is 77.2 Å². The number of furan rings is 1. The molecule has 3 aromatic rings. The van der Waals surface area contributed by atoms with E-state index in [-0.39, 0.29) is 5.91 Å². The highest BCUT2D eigenvalue weighted by atomic mass is 32.2. The summed E-state index contributed by atoms with van der Waals surface area (Å²) in [5.41, 5.74) is 2.36. The van der Waals surface area contributed by atoms with E-state index < -0.39 is 0 Å². The van der Waals surface area contributed by atoms with E-state index in [0.717, 1.165) is 16.5 Å². The Labute approximate surface area is 152 Å². The fraction of sp³-hybridized carbons (Fsp3) is 0.0588. The Morgan fingerprint density at radius 1 is 1.32 bits per heavy atom. The monoisotopic (exact) mass is 369 g/mol. The molecule has 25 heavy (non-hydrogen) atoms. The number of carbonyl (C=O) groups excluding carboxylic acids is 1. The molecule has 1 fully saturated rings. The van der Waals surface area contributed by atoms with Crippen molar-refractivity contribution in [3.8, 4) is 17.0 Å². The molecule has 0 spiro atoms. The number of thioether (sulfide) groups is 1. The fourth-order valence-corrected chi connectivity index (χ4v) is 3.49. The molecular formula is C17H11N3O3S2. The second-order valence-corrected chi connectivity index (χ2v) is 6.91. The van der Waals surface area contributed by atoms with Gasteiger partial charge < -0.3 is 14.5 Å². The molecule has 1 aliphatic rings. The zero-order chi connectivity index (χ0) is 17.4. The number of hydrogen-bond acceptors (Lipinski definition) is 7. The quantitative estimate of drug-likeness (QED) is 0.560. The van der Waals surface area contributed by atoms with E-state index in [1.54, 1.807) is 37.8 Å². The van der Waals surface area contributed by atoms with E-state index in [2.05, 4.69) is 15.3 Å². The van der Waals surface area contributed by atoms with Crippen LogP contribution in [0.2, 0.25) is 0 Å². The van der Waals surface area contributed by atoms with Gasteiger partial charge in [0.25, 0.3) is 5.91 Å². The average Bonchev–Trinajstić information content (AvgIpc) is 3.17. The van der Waals surface area contributed by atoms with Gasteiger partial charge in [0.1, 0.15) is 15.7 Å². The standard InChI is InChI=1S/C17H11N3O3S2/c1-22-14-3-2-9(7-19-14)12-8-18-6-10-4-11(23-15(10)12)5-13-16(21)20-17(24)25-13/h2-8H,1H3,(H,20,21,24). The molecule has 4 heterocycles. The Hall–Kier alpha value is -2.71. The minimum Gasteiger partial charge on any atom is -0.481 e. The molecule has 0 saturated carbocycles. The number of amides is 1. The van der Waals surface area contributed by atoms with Crippen LogP contribution in [0, 0.1) is 0 Å². The van der Waals surface area contributed by atoms with Crippen LogP contribution in [0.1, 0.15) is 5.76 Å². The summed E-state index contributed by atoms with van der Waals surface area (Å²) in [5, 5.41) is 3.42. The normalized spacial score (nSPS) is 15.8. The zero-order valence-corrected chi connectivity index (χ0v) is 14.6. The highest BCUT2D eigenvalue weighted by molar-refractivity contribution is 8.26. The lowest BCUT2D eigenvalue weighted by Crippen LogP contribution is -2.17. The van der Waals surface area contributed by atoms with Gasteiger partial charge in [-0.05, 0) is 12.1 Å². The zero-order valence-electron chi connectivity index (χ0n) is 13.0. The van der Waals surface area contributed by atoms with Gasteiger partial charge in [-0.25, -0.2) is 4.98 Å². The van der Waals surface area contributed by atoms with E-state index in [0.29, 0.717) is 26.4 Å². The van der Waals surface area contributed by atoms with Crippen LogP contribution in [-0.4, -0.2) is 27.3 Å². The fourth-order valence-electron chi connectivity index (χ4n) is 2.47. The van der Waals surface area contributed by atoms with Crippen molar-refractivity contribution in [3.63, 3.8) is 0 Å². The Kier molecular flexibility index (Phi) is 3.98. The van der Waals surface area contributed by atoms with Crippen molar-refractivity contribution in [1.82, 2.24) is 15.3 Å². The van der Waals surface area contributed by atoms with Crippen LogP contribution >= 0.6 is 24.0 Å². The first-order chi connectivity index (χ1) is 12.1. The predicted octanol–water partition coefficient (Wildman–Crippen LogP) is 3.39. The van der Waals surface area contributed by atoms with Gasteiger partial charge in [-0.2, -0.15) is 0 Å². The Morgan fingerprint density at radius 2 is 2.20 bits per heavy atom. The number of hydrogen-bond donors (Lipinski definition) is 1. The maximum Gasteiger partial charge on any atom is 0.263 e. The number of methoxy groups -OCH3 is 1. The molecule has 0 radical (unpaired) electrons. The minimum atomic E-state index is -0.215. The Morgan fingerprint density at radius 3 is 2.88 bits per heavy atom. The van der Waals surface area contributed by atoms with Crippen LogP contribution < -0.4 is 10.1 Å². The first kappa shape index (κ1) is 15.8. The molecular weight excluding hydrogens is 358 g/mol. The van der Waals surface area contributed by atoms with Crippen LogP contribution in [0.4, 0.5) is 0 Å². The largest absolute Gasteiger partial charge is 0.481 e. The molecule has 8 heteroatoms. The van der Waals surface area contributed by atoms with Gasteiger partial charge >= 0.3 is 0 Å². The number of ether oxygens (including phenoxy) is 1. The second-order valence-electron chi connectivity index (χ2n) is 5.20. The number of fused-ring (bicyclic) bond motifs is 1. The number of carbonyl (C=O) groups is 1. The van der Waals surface area contributed by atoms with Gasteiger partial charge in [0.05, 0.1) is 12.0 Å². The number of rotatable bonds is 3. The summed E-state index contributed by atoms with van der Waals surface area (Å²) in [7, 11) is 1.57. The number of nitrogens with one attached hydrogen (secondary N) is 1. The first-order valence-electron chi connectivity index (χ1n) is 7.27. The molecule has 0 aromatic carbocycles. The molecule has 0 unspecified atom stereocenters. The van der Waals surface area contributed by atoms with Gasteiger partial charge in [-0.3, -0.25) is 9.78 Å². The molecule has 6 nitrogen and oxygen atoms in total. The first-order valence-corrected chi connectivity index (χ1v) is 8.49.